The lowest BCUT2D eigenvalue weighted by atomic mass is 9.96. The molecular formula is C25H37N5O7. The number of hydrogen-bond donors (Lipinski definition) is 7. The van der Waals surface area contributed by atoms with E-state index in [2.05, 4.69) is 21.3 Å². The fourth-order valence-corrected chi connectivity index (χ4v) is 4.02. The molecule has 8 N–H and O–H groups in total. The molecule has 12 heteroatoms. The maximum Gasteiger partial charge on any atom is 0.326 e. The highest BCUT2D eigenvalue weighted by Gasteiger charge is 2.33. The molecule has 0 spiro atoms. The van der Waals surface area contributed by atoms with Crippen LogP contribution in [0.2, 0.25) is 0 Å². The molecule has 0 aromatic heterocycles. The van der Waals surface area contributed by atoms with E-state index in [0.29, 0.717) is 24.9 Å². The minimum Gasteiger partial charge on any atom is -0.508 e. The molecule has 1 fully saturated rings. The quantitative estimate of drug-likeness (QED) is 0.171. The molecular weight excluding hydrogens is 482 g/mol. The van der Waals surface area contributed by atoms with Crippen LogP contribution in [0.4, 0.5) is 0 Å². The van der Waals surface area contributed by atoms with Crippen LogP contribution in [0.5, 0.6) is 5.75 Å². The molecule has 0 saturated carbocycles. The first-order chi connectivity index (χ1) is 17.5. The van der Waals surface area contributed by atoms with Gasteiger partial charge in [0.05, 0.1) is 6.04 Å². The number of phenols is 1. The number of hydrogen-bond acceptors (Lipinski definition) is 7. The molecule has 0 aliphatic carbocycles. The Balaban J connectivity index is 2.20. The molecule has 204 valence electrons. The summed E-state index contributed by atoms with van der Waals surface area (Å²) in [5.74, 6) is -3.99. The van der Waals surface area contributed by atoms with E-state index in [1.165, 1.54) is 12.1 Å². The second-order valence-electron chi connectivity index (χ2n) is 9.36. The van der Waals surface area contributed by atoms with Gasteiger partial charge >= 0.3 is 5.97 Å². The number of amides is 4. The smallest absolute Gasteiger partial charge is 0.326 e. The number of nitrogens with two attached hydrogens (primary N) is 1. The van der Waals surface area contributed by atoms with Gasteiger partial charge in [-0.05, 0) is 49.4 Å². The van der Waals surface area contributed by atoms with Gasteiger partial charge in [0.1, 0.15) is 23.9 Å². The Morgan fingerprint density at radius 2 is 1.73 bits per heavy atom. The third-order valence-corrected chi connectivity index (χ3v) is 6.47. The summed E-state index contributed by atoms with van der Waals surface area (Å²) in [6, 6.07) is 2.31. The Hall–Kier alpha value is -3.67. The maximum absolute atomic E-state index is 13.4. The van der Waals surface area contributed by atoms with Crippen molar-refractivity contribution in [3.05, 3.63) is 29.8 Å². The summed E-state index contributed by atoms with van der Waals surface area (Å²) in [6.07, 6.45) is 1.66. The Kier molecular flexibility index (Phi) is 11.3. The number of rotatable bonds is 14. The van der Waals surface area contributed by atoms with Gasteiger partial charge in [0.2, 0.25) is 23.6 Å². The summed E-state index contributed by atoms with van der Waals surface area (Å²) < 4.78 is 0. The predicted molar refractivity (Wildman–Crippen MR) is 134 cm³/mol. The van der Waals surface area contributed by atoms with Crippen LogP contribution < -0.4 is 27.0 Å². The number of benzene rings is 1. The van der Waals surface area contributed by atoms with Gasteiger partial charge in [-0.25, -0.2) is 4.79 Å². The summed E-state index contributed by atoms with van der Waals surface area (Å²) in [5, 5.41) is 29.9. The van der Waals surface area contributed by atoms with Crippen LogP contribution in [0, 0.1) is 5.92 Å². The molecule has 1 aliphatic heterocycles. The standard InChI is InChI=1S/C25H37N5O7/c1-3-14(2)21(24(35)28-18(25(36)37)10-11-20(26)32)30-23(34)19(13-15-6-8-16(31)9-7-15)29-22(33)17-5-4-12-27-17/h6-9,14,17-19,21,27,31H,3-5,10-13H2,1-2H3,(H2,26,32)(H,28,35)(H,29,33)(H,30,34)(H,36,37). The van der Waals surface area contributed by atoms with E-state index in [1.807, 2.05) is 6.92 Å². The third-order valence-electron chi connectivity index (χ3n) is 6.47. The Bertz CT molecular complexity index is 963. The normalized spacial score (nSPS) is 18.2. The average Bonchev–Trinajstić information content (AvgIpc) is 3.40. The van der Waals surface area contributed by atoms with Crippen LogP contribution in [0.25, 0.3) is 0 Å². The maximum atomic E-state index is 13.4. The Morgan fingerprint density at radius 3 is 2.27 bits per heavy atom. The molecule has 1 saturated heterocycles. The molecule has 2 rings (SSSR count). The van der Waals surface area contributed by atoms with Gasteiger partial charge in [0.25, 0.3) is 0 Å². The number of nitrogens with one attached hydrogen (secondary N) is 4. The zero-order valence-corrected chi connectivity index (χ0v) is 21.2. The van der Waals surface area contributed by atoms with Gasteiger partial charge in [0.15, 0.2) is 0 Å². The number of aromatic hydroxyl groups is 1. The highest BCUT2D eigenvalue weighted by Crippen LogP contribution is 2.14. The summed E-state index contributed by atoms with van der Waals surface area (Å²) in [4.78, 5) is 61.9. The van der Waals surface area contributed by atoms with Crippen LogP contribution >= 0.6 is 0 Å². The molecule has 4 amide bonds. The summed E-state index contributed by atoms with van der Waals surface area (Å²) in [5.41, 5.74) is 5.78. The fourth-order valence-electron chi connectivity index (χ4n) is 4.02. The topological polar surface area (TPSA) is 200 Å². The first kappa shape index (κ1) is 29.6. The zero-order chi connectivity index (χ0) is 27.5. The second kappa shape index (κ2) is 14.2. The largest absolute Gasteiger partial charge is 0.508 e. The van der Waals surface area contributed by atoms with Crippen molar-refractivity contribution in [3.63, 3.8) is 0 Å². The Morgan fingerprint density at radius 1 is 1.05 bits per heavy atom. The van der Waals surface area contributed by atoms with Gasteiger partial charge in [-0.15, -0.1) is 0 Å². The first-order valence-corrected chi connectivity index (χ1v) is 12.4. The molecule has 1 aliphatic rings. The van der Waals surface area contributed by atoms with Crippen molar-refractivity contribution < 1.29 is 34.2 Å². The molecule has 0 bridgehead atoms. The van der Waals surface area contributed by atoms with E-state index < -0.39 is 47.9 Å². The second-order valence-corrected chi connectivity index (χ2v) is 9.36. The van der Waals surface area contributed by atoms with Crippen molar-refractivity contribution in [2.75, 3.05) is 6.54 Å². The molecule has 5 unspecified atom stereocenters. The summed E-state index contributed by atoms with van der Waals surface area (Å²) in [7, 11) is 0. The minimum absolute atomic E-state index is 0.0572. The Labute approximate surface area is 215 Å². The van der Waals surface area contributed by atoms with E-state index in [1.54, 1.807) is 19.1 Å². The number of carbonyl (C=O) groups is 5. The van der Waals surface area contributed by atoms with Crippen LogP contribution in [0.1, 0.15) is 51.5 Å². The van der Waals surface area contributed by atoms with E-state index in [0.717, 1.165) is 6.42 Å². The molecule has 0 radical (unpaired) electrons. The number of phenolic OH excluding ortho intramolecular Hbond substituents is 1. The van der Waals surface area contributed by atoms with Crippen molar-refractivity contribution >= 4 is 29.6 Å². The highest BCUT2D eigenvalue weighted by molar-refractivity contribution is 5.94. The van der Waals surface area contributed by atoms with Gasteiger partial charge in [-0.2, -0.15) is 0 Å². The summed E-state index contributed by atoms with van der Waals surface area (Å²) in [6.45, 7) is 4.25. The molecule has 5 atom stereocenters. The van der Waals surface area contributed by atoms with Crippen molar-refractivity contribution in [3.8, 4) is 5.75 Å². The lowest BCUT2D eigenvalue weighted by molar-refractivity contribution is -0.143. The summed E-state index contributed by atoms with van der Waals surface area (Å²) >= 11 is 0. The number of primary amides is 1. The van der Waals surface area contributed by atoms with Crippen LogP contribution in [0.3, 0.4) is 0 Å². The van der Waals surface area contributed by atoms with E-state index in [-0.39, 0.29) is 36.8 Å². The van der Waals surface area contributed by atoms with Crippen molar-refractivity contribution in [1.82, 2.24) is 21.3 Å². The number of aliphatic carboxylic acids is 1. The number of carboxylic acid groups (broad SMARTS) is 1. The van der Waals surface area contributed by atoms with Gasteiger partial charge in [-0.1, -0.05) is 32.4 Å². The zero-order valence-electron chi connectivity index (χ0n) is 21.2. The van der Waals surface area contributed by atoms with E-state index in [4.69, 9.17) is 5.73 Å². The third kappa shape index (κ3) is 9.37. The van der Waals surface area contributed by atoms with Crippen molar-refractivity contribution in [2.45, 2.75) is 76.5 Å². The highest BCUT2D eigenvalue weighted by atomic mass is 16.4. The van der Waals surface area contributed by atoms with Gasteiger partial charge < -0.3 is 37.2 Å². The van der Waals surface area contributed by atoms with Crippen LogP contribution in [-0.2, 0) is 30.4 Å². The lowest BCUT2D eigenvalue weighted by Crippen LogP contribution is -2.59. The predicted octanol–water partition coefficient (Wildman–Crippen LogP) is -0.463. The minimum atomic E-state index is -1.36. The number of carboxylic acids is 1. The monoisotopic (exact) mass is 519 g/mol. The van der Waals surface area contributed by atoms with Crippen LogP contribution in [-0.4, -0.2) is 70.5 Å². The molecule has 12 nitrogen and oxygen atoms in total. The molecule has 1 aromatic carbocycles. The fraction of sp³-hybridized carbons (Fsp3) is 0.560. The van der Waals surface area contributed by atoms with Crippen LogP contribution in [0.15, 0.2) is 24.3 Å². The van der Waals surface area contributed by atoms with E-state index in [9.17, 15) is 34.2 Å². The van der Waals surface area contributed by atoms with E-state index >= 15 is 0 Å². The van der Waals surface area contributed by atoms with Gasteiger partial charge in [-0.3, -0.25) is 19.2 Å². The van der Waals surface area contributed by atoms with Crippen molar-refractivity contribution in [1.29, 1.82) is 0 Å². The number of carbonyl (C=O) groups excluding carboxylic acids is 4. The SMILES string of the molecule is CCC(C)C(NC(=O)C(Cc1ccc(O)cc1)NC(=O)C1CCCN1)C(=O)NC(CCC(N)=O)C(=O)O. The first-order valence-electron chi connectivity index (χ1n) is 12.4. The molecule has 1 heterocycles. The average molecular weight is 520 g/mol. The lowest BCUT2D eigenvalue weighted by Gasteiger charge is -2.28. The molecule has 37 heavy (non-hydrogen) atoms. The van der Waals surface area contributed by atoms with Crippen molar-refractivity contribution in [2.24, 2.45) is 11.7 Å². The van der Waals surface area contributed by atoms with Gasteiger partial charge in [0, 0.05) is 12.8 Å². The molecule has 1 aromatic rings.